The summed E-state index contributed by atoms with van der Waals surface area (Å²) in [6.45, 7) is 6.25. The van der Waals surface area contributed by atoms with E-state index in [1.165, 1.54) is 56.9 Å². The van der Waals surface area contributed by atoms with Gasteiger partial charge in [0.05, 0.1) is 15.7 Å². The van der Waals surface area contributed by atoms with Crippen LogP contribution in [0.3, 0.4) is 0 Å². The van der Waals surface area contributed by atoms with E-state index < -0.39 is 11.0 Å². The maximum atomic E-state index is 12.9. The standard InChI is InChI=1S/C22H33NOS/c1-20(2,3)25(24)23-19(17-10-6-4-7-11-17)22-14-21(15-22,16-22)18-12-8-5-9-13-18/h5,8-9,12-13,17,19,23H,4,6-7,10-11,14-16H2,1-3H3. The second kappa shape index (κ2) is 6.20. The monoisotopic (exact) mass is 359 g/mol. The molecule has 2 atom stereocenters. The van der Waals surface area contributed by atoms with Crippen LogP contribution < -0.4 is 4.72 Å². The van der Waals surface area contributed by atoms with Crippen LogP contribution in [0.4, 0.5) is 0 Å². The number of hydrogen-bond donors (Lipinski definition) is 1. The lowest BCUT2D eigenvalue weighted by atomic mass is 9.31. The Labute approximate surface area is 155 Å². The molecule has 5 rings (SSSR count). The summed E-state index contributed by atoms with van der Waals surface area (Å²) in [5.41, 5.74) is 2.36. The van der Waals surface area contributed by atoms with Gasteiger partial charge < -0.3 is 0 Å². The van der Waals surface area contributed by atoms with Crippen molar-refractivity contribution in [2.75, 3.05) is 0 Å². The largest absolute Gasteiger partial charge is 0.242 e. The van der Waals surface area contributed by atoms with Crippen molar-refractivity contribution in [1.82, 2.24) is 4.72 Å². The molecule has 0 heterocycles. The first-order chi connectivity index (χ1) is 11.8. The fraction of sp³-hybridized carbons (Fsp3) is 0.727. The van der Waals surface area contributed by atoms with Gasteiger partial charge in [-0.2, -0.15) is 0 Å². The van der Waals surface area contributed by atoms with Crippen LogP contribution in [0.2, 0.25) is 0 Å². The van der Waals surface area contributed by atoms with E-state index in [0.29, 0.717) is 22.8 Å². The van der Waals surface area contributed by atoms with Crippen LogP contribution in [0.25, 0.3) is 0 Å². The molecule has 4 aliphatic carbocycles. The Bertz CT molecular complexity index is 622. The molecule has 1 N–H and O–H groups in total. The average Bonchev–Trinajstić information content (AvgIpc) is 2.52. The van der Waals surface area contributed by atoms with Gasteiger partial charge in [0.2, 0.25) is 0 Å². The van der Waals surface area contributed by atoms with Crippen molar-refractivity contribution in [3.63, 3.8) is 0 Å². The van der Waals surface area contributed by atoms with Crippen LogP contribution in [0, 0.1) is 11.3 Å². The van der Waals surface area contributed by atoms with E-state index in [0.717, 1.165) is 0 Å². The zero-order chi connectivity index (χ0) is 17.7. The summed E-state index contributed by atoms with van der Waals surface area (Å²) >= 11 is 0. The van der Waals surface area contributed by atoms with Gasteiger partial charge in [0.25, 0.3) is 0 Å². The Hall–Kier alpha value is -0.670. The van der Waals surface area contributed by atoms with Crippen molar-refractivity contribution < 1.29 is 4.21 Å². The highest BCUT2D eigenvalue weighted by molar-refractivity contribution is 7.84. The number of nitrogens with one attached hydrogen (secondary N) is 1. The second-order valence-electron chi connectivity index (χ2n) is 9.91. The Morgan fingerprint density at radius 2 is 1.64 bits per heavy atom. The molecule has 0 saturated heterocycles. The van der Waals surface area contributed by atoms with Gasteiger partial charge in [0.15, 0.2) is 0 Å². The fourth-order valence-corrected chi connectivity index (χ4v) is 6.80. The Kier molecular flexibility index (Phi) is 4.39. The Balaban J connectivity index is 1.51. The molecule has 4 fully saturated rings. The van der Waals surface area contributed by atoms with Gasteiger partial charge in [-0.1, -0.05) is 49.6 Å². The summed E-state index contributed by atoms with van der Waals surface area (Å²) in [6.07, 6.45) is 10.6. The minimum absolute atomic E-state index is 0.187. The maximum absolute atomic E-state index is 12.9. The molecule has 25 heavy (non-hydrogen) atoms. The van der Waals surface area contributed by atoms with E-state index in [-0.39, 0.29) is 4.75 Å². The quantitative estimate of drug-likeness (QED) is 0.778. The smallest absolute Gasteiger partial charge is 0.0973 e. The molecule has 3 heteroatoms. The van der Waals surface area contributed by atoms with Gasteiger partial charge in [0.1, 0.15) is 0 Å². The molecule has 2 unspecified atom stereocenters. The first-order valence-electron chi connectivity index (χ1n) is 10.1. The van der Waals surface area contributed by atoms with Crippen molar-refractivity contribution >= 4 is 11.0 Å². The van der Waals surface area contributed by atoms with E-state index in [2.05, 4.69) is 55.8 Å². The van der Waals surface area contributed by atoms with Crippen LogP contribution in [0.15, 0.2) is 30.3 Å². The zero-order valence-electron chi connectivity index (χ0n) is 16.0. The minimum atomic E-state index is -0.967. The molecule has 0 radical (unpaired) electrons. The van der Waals surface area contributed by atoms with Crippen molar-refractivity contribution in [1.29, 1.82) is 0 Å². The van der Waals surface area contributed by atoms with Crippen LogP contribution in [-0.2, 0) is 16.4 Å². The van der Waals surface area contributed by atoms with Crippen molar-refractivity contribution in [3.05, 3.63) is 35.9 Å². The summed E-state index contributed by atoms with van der Waals surface area (Å²) in [7, 11) is -0.967. The molecule has 2 bridgehead atoms. The SMILES string of the molecule is CC(C)(C)S(=O)NC(C1CCCCC1)C12CC(c3ccccc3)(C1)C2. The third kappa shape index (κ3) is 3.02. The van der Waals surface area contributed by atoms with Crippen molar-refractivity contribution in [2.45, 2.75) is 88.3 Å². The van der Waals surface area contributed by atoms with Crippen LogP contribution in [0.1, 0.15) is 77.7 Å². The van der Waals surface area contributed by atoms with E-state index in [1.54, 1.807) is 0 Å². The molecule has 2 nitrogen and oxygen atoms in total. The molecule has 0 amide bonds. The predicted molar refractivity (Wildman–Crippen MR) is 106 cm³/mol. The lowest BCUT2D eigenvalue weighted by Crippen LogP contribution is -2.73. The Morgan fingerprint density at radius 1 is 1.04 bits per heavy atom. The van der Waals surface area contributed by atoms with Gasteiger partial charge in [-0.05, 0) is 75.2 Å². The van der Waals surface area contributed by atoms with Gasteiger partial charge in [-0.3, -0.25) is 0 Å². The highest BCUT2D eigenvalue weighted by Crippen LogP contribution is 2.75. The normalized spacial score (nSPS) is 34.7. The van der Waals surface area contributed by atoms with E-state index in [9.17, 15) is 4.21 Å². The summed E-state index contributed by atoms with van der Waals surface area (Å²) in [5, 5.41) is 0. The fourth-order valence-electron chi connectivity index (χ4n) is 5.78. The third-order valence-corrected chi connectivity index (χ3v) is 8.61. The topological polar surface area (TPSA) is 29.1 Å². The predicted octanol–water partition coefficient (Wildman–Crippen LogP) is 5.11. The molecule has 0 aliphatic heterocycles. The average molecular weight is 360 g/mol. The molecular weight excluding hydrogens is 326 g/mol. The van der Waals surface area contributed by atoms with Gasteiger partial charge in [-0.15, -0.1) is 0 Å². The molecule has 1 aromatic carbocycles. The number of benzene rings is 1. The highest BCUT2D eigenvalue weighted by atomic mass is 32.2. The Morgan fingerprint density at radius 3 is 2.20 bits per heavy atom. The summed E-state index contributed by atoms with van der Waals surface area (Å²) in [4.78, 5) is 0. The van der Waals surface area contributed by atoms with Gasteiger partial charge in [-0.25, -0.2) is 8.93 Å². The van der Waals surface area contributed by atoms with Crippen molar-refractivity contribution in [2.24, 2.45) is 11.3 Å². The molecule has 4 aliphatic rings. The van der Waals surface area contributed by atoms with Gasteiger partial charge in [0, 0.05) is 6.04 Å². The van der Waals surface area contributed by atoms with Crippen LogP contribution in [-0.4, -0.2) is 15.0 Å². The third-order valence-electron chi connectivity index (χ3n) is 7.03. The number of hydrogen-bond acceptors (Lipinski definition) is 1. The first kappa shape index (κ1) is 17.7. The molecule has 1 aromatic rings. The van der Waals surface area contributed by atoms with E-state index in [4.69, 9.17) is 0 Å². The van der Waals surface area contributed by atoms with E-state index >= 15 is 0 Å². The van der Waals surface area contributed by atoms with Crippen LogP contribution >= 0.6 is 0 Å². The molecule has 138 valence electrons. The maximum Gasteiger partial charge on any atom is 0.0973 e. The molecular formula is C22H33NOS. The minimum Gasteiger partial charge on any atom is -0.242 e. The molecule has 4 saturated carbocycles. The summed E-state index contributed by atoms with van der Waals surface area (Å²) in [6, 6.07) is 11.5. The zero-order valence-corrected chi connectivity index (χ0v) is 16.8. The first-order valence-corrected chi connectivity index (χ1v) is 11.2. The lowest BCUT2D eigenvalue weighted by Gasteiger charge is -2.74. The van der Waals surface area contributed by atoms with Crippen molar-refractivity contribution in [3.8, 4) is 0 Å². The van der Waals surface area contributed by atoms with E-state index in [1.807, 2.05) is 0 Å². The molecule has 0 aromatic heterocycles. The summed E-state index contributed by atoms with van der Waals surface area (Å²) < 4.78 is 16.3. The van der Waals surface area contributed by atoms with Gasteiger partial charge >= 0.3 is 0 Å². The lowest BCUT2D eigenvalue weighted by molar-refractivity contribution is -0.173. The number of rotatable bonds is 5. The summed E-state index contributed by atoms with van der Waals surface area (Å²) in [5.74, 6) is 0.717. The highest BCUT2D eigenvalue weighted by Gasteiger charge is 2.71. The second-order valence-corrected chi connectivity index (χ2v) is 11.9. The van der Waals surface area contributed by atoms with Crippen LogP contribution in [0.5, 0.6) is 0 Å². The molecule has 0 spiro atoms.